The van der Waals surface area contributed by atoms with Crippen LogP contribution < -0.4 is 0 Å². The number of hydrogen-bond donors (Lipinski definition) is 0. The van der Waals surface area contributed by atoms with E-state index in [1.807, 2.05) is 5.51 Å². The van der Waals surface area contributed by atoms with Crippen LogP contribution in [-0.4, -0.2) is 4.98 Å². The number of hydrogen-bond acceptors (Lipinski definition) is 2. The van der Waals surface area contributed by atoms with Crippen LogP contribution in [0.5, 0.6) is 0 Å². The van der Waals surface area contributed by atoms with Gasteiger partial charge in [-0.25, -0.2) is 4.98 Å². The Morgan fingerprint density at radius 1 is 1.21 bits per heavy atom. The van der Waals surface area contributed by atoms with Gasteiger partial charge in [-0.15, -0.1) is 11.3 Å². The molecule has 2 rings (SSSR count). The molecule has 0 aliphatic carbocycles. The quantitative estimate of drug-likeness (QED) is 0.755. The van der Waals surface area contributed by atoms with Crippen molar-refractivity contribution in [3.8, 4) is 11.3 Å². The Morgan fingerprint density at radius 2 is 2.00 bits per heavy atom. The van der Waals surface area contributed by atoms with Gasteiger partial charge in [0.05, 0.1) is 15.0 Å². The molecule has 0 saturated carbocycles. The average molecular weight is 268 g/mol. The van der Waals surface area contributed by atoms with Gasteiger partial charge in [0.2, 0.25) is 0 Å². The lowest BCUT2D eigenvalue weighted by molar-refractivity contribution is 1.32. The summed E-state index contributed by atoms with van der Waals surface area (Å²) in [5.74, 6) is 0. The third kappa shape index (κ3) is 1.74. The molecule has 1 aromatic carbocycles. The van der Waals surface area contributed by atoms with Crippen LogP contribution in [-0.2, 0) is 0 Å². The van der Waals surface area contributed by atoms with Crippen LogP contribution in [0.15, 0.2) is 27.5 Å². The molecular formula is C11H10BrNS. The predicted octanol–water partition coefficient (Wildman–Crippen LogP) is 4.19. The number of aryl methyl sites for hydroxylation is 2. The Kier molecular flexibility index (Phi) is 2.70. The van der Waals surface area contributed by atoms with E-state index in [0.717, 1.165) is 9.48 Å². The highest BCUT2D eigenvalue weighted by molar-refractivity contribution is 9.11. The Labute approximate surface area is 95.9 Å². The van der Waals surface area contributed by atoms with Crippen LogP contribution in [0.2, 0.25) is 0 Å². The summed E-state index contributed by atoms with van der Waals surface area (Å²) in [5.41, 5.74) is 6.70. The molecule has 14 heavy (non-hydrogen) atoms. The third-order valence-corrected chi connectivity index (χ3v) is 3.85. The van der Waals surface area contributed by atoms with Crippen molar-refractivity contribution < 1.29 is 0 Å². The second-order valence-corrected chi connectivity index (χ2v) is 5.45. The maximum Gasteiger partial charge on any atom is 0.0976 e. The Balaban J connectivity index is 2.53. The fraction of sp³-hybridized carbons (Fsp3) is 0.182. The average Bonchev–Trinajstić information content (AvgIpc) is 2.57. The minimum Gasteiger partial charge on any atom is -0.243 e. The highest BCUT2D eigenvalue weighted by atomic mass is 79.9. The summed E-state index contributed by atoms with van der Waals surface area (Å²) < 4.78 is 1.10. The topological polar surface area (TPSA) is 12.9 Å². The van der Waals surface area contributed by atoms with Crippen LogP contribution in [0.25, 0.3) is 11.3 Å². The normalized spacial score (nSPS) is 10.5. The first-order chi connectivity index (χ1) is 6.68. The molecule has 1 heterocycles. The fourth-order valence-electron chi connectivity index (χ4n) is 1.31. The number of nitrogens with zero attached hydrogens (tertiary/aromatic N) is 1. The fourth-order valence-corrected chi connectivity index (χ4v) is 2.42. The number of thiazole rings is 1. The summed E-state index contributed by atoms with van der Waals surface area (Å²) in [5, 5.41) is 0. The molecule has 1 nitrogen and oxygen atoms in total. The molecule has 0 atom stereocenters. The highest BCUT2D eigenvalue weighted by Gasteiger charge is 2.06. The van der Waals surface area contributed by atoms with E-state index in [0.29, 0.717) is 0 Å². The second kappa shape index (κ2) is 3.83. The van der Waals surface area contributed by atoms with Crippen molar-refractivity contribution in [2.45, 2.75) is 13.8 Å². The largest absolute Gasteiger partial charge is 0.243 e. The molecule has 0 aliphatic heterocycles. The zero-order valence-corrected chi connectivity index (χ0v) is 10.4. The molecule has 1 aromatic heterocycles. The maximum atomic E-state index is 4.33. The second-order valence-electron chi connectivity index (χ2n) is 3.27. The summed E-state index contributed by atoms with van der Waals surface area (Å²) in [4.78, 5) is 4.33. The first-order valence-corrected chi connectivity index (χ1v) is 6.02. The Morgan fingerprint density at radius 3 is 2.57 bits per heavy atom. The van der Waals surface area contributed by atoms with Crippen LogP contribution in [0.1, 0.15) is 11.1 Å². The van der Waals surface area contributed by atoms with Gasteiger partial charge in [-0.1, -0.05) is 12.1 Å². The number of aromatic nitrogens is 1. The van der Waals surface area contributed by atoms with Crippen molar-refractivity contribution in [2.24, 2.45) is 0 Å². The van der Waals surface area contributed by atoms with Gasteiger partial charge < -0.3 is 0 Å². The lowest BCUT2D eigenvalue weighted by Crippen LogP contribution is -1.83. The van der Waals surface area contributed by atoms with Crippen LogP contribution in [0.4, 0.5) is 0 Å². The van der Waals surface area contributed by atoms with Gasteiger partial charge in [-0.05, 0) is 47.0 Å². The summed E-state index contributed by atoms with van der Waals surface area (Å²) in [7, 11) is 0. The molecule has 3 heteroatoms. The number of halogens is 1. The first kappa shape index (κ1) is 9.87. The van der Waals surface area contributed by atoms with Gasteiger partial charge in [0.25, 0.3) is 0 Å². The summed E-state index contributed by atoms with van der Waals surface area (Å²) in [6.45, 7) is 4.24. The van der Waals surface area contributed by atoms with Gasteiger partial charge in [-0.3, -0.25) is 0 Å². The molecule has 0 fully saturated rings. The molecule has 0 unspecified atom stereocenters. The lowest BCUT2D eigenvalue weighted by atomic mass is 10.1. The molecule has 0 bridgehead atoms. The van der Waals surface area contributed by atoms with E-state index in [-0.39, 0.29) is 0 Å². The molecule has 0 aliphatic rings. The van der Waals surface area contributed by atoms with E-state index >= 15 is 0 Å². The zero-order chi connectivity index (χ0) is 10.1. The molecule has 0 spiro atoms. The summed E-state index contributed by atoms with van der Waals surface area (Å²) in [6, 6.07) is 6.42. The third-order valence-electron chi connectivity index (χ3n) is 2.30. The van der Waals surface area contributed by atoms with Crippen LogP contribution in [0.3, 0.4) is 0 Å². The van der Waals surface area contributed by atoms with E-state index in [1.54, 1.807) is 11.3 Å². The molecule has 0 N–H and O–H groups in total. The SMILES string of the molecule is Cc1ccc(-c2ncsc2Br)cc1C. The summed E-state index contributed by atoms with van der Waals surface area (Å²) in [6.07, 6.45) is 0. The minimum absolute atomic E-state index is 1.04. The van der Waals surface area contributed by atoms with E-state index in [1.165, 1.54) is 16.7 Å². The van der Waals surface area contributed by atoms with Crippen molar-refractivity contribution >= 4 is 27.3 Å². The standard InChI is InChI=1S/C11H10BrNS/c1-7-3-4-9(5-8(7)2)10-11(12)14-6-13-10/h3-6H,1-2H3. The van der Waals surface area contributed by atoms with Crippen molar-refractivity contribution in [3.05, 3.63) is 38.6 Å². The molecule has 0 amide bonds. The minimum atomic E-state index is 1.04. The Hall–Kier alpha value is -0.670. The predicted molar refractivity (Wildman–Crippen MR) is 64.7 cm³/mol. The van der Waals surface area contributed by atoms with E-state index in [9.17, 15) is 0 Å². The van der Waals surface area contributed by atoms with Gasteiger partial charge in [-0.2, -0.15) is 0 Å². The van der Waals surface area contributed by atoms with Crippen molar-refractivity contribution in [2.75, 3.05) is 0 Å². The monoisotopic (exact) mass is 267 g/mol. The summed E-state index contributed by atoms with van der Waals surface area (Å²) >= 11 is 5.12. The zero-order valence-electron chi connectivity index (χ0n) is 8.04. The number of benzene rings is 1. The van der Waals surface area contributed by atoms with Gasteiger partial charge in [0, 0.05) is 5.56 Å². The lowest BCUT2D eigenvalue weighted by Gasteiger charge is -2.02. The highest BCUT2D eigenvalue weighted by Crippen LogP contribution is 2.30. The van der Waals surface area contributed by atoms with Crippen molar-refractivity contribution in [3.63, 3.8) is 0 Å². The number of rotatable bonds is 1. The molecule has 0 radical (unpaired) electrons. The first-order valence-electron chi connectivity index (χ1n) is 4.35. The van der Waals surface area contributed by atoms with E-state index < -0.39 is 0 Å². The van der Waals surface area contributed by atoms with Gasteiger partial charge in [0.1, 0.15) is 0 Å². The van der Waals surface area contributed by atoms with Gasteiger partial charge >= 0.3 is 0 Å². The maximum absolute atomic E-state index is 4.33. The molecule has 72 valence electrons. The van der Waals surface area contributed by atoms with Crippen molar-refractivity contribution in [1.29, 1.82) is 0 Å². The van der Waals surface area contributed by atoms with Crippen molar-refractivity contribution in [1.82, 2.24) is 4.98 Å². The van der Waals surface area contributed by atoms with Crippen LogP contribution >= 0.6 is 27.3 Å². The molecule has 2 aromatic rings. The molecular weight excluding hydrogens is 258 g/mol. The smallest absolute Gasteiger partial charge is 0.0976 e. The van der Waals surface area contributed by atoms with E-state index in [4.69, 9.17) is 0 Å². The van der Waals surface area contributed by atoms with Gasteiger partial charge in [0.15, 0.2) is 0 Å². The van der Waals surface area contributed by atoms with Crippen LogP contribution in [0, 0.1) is 13.8 Å². The van der Waals surface area contributed by atoms with E-state index in [2.05, 4.69) is 53.0 Å². The Bertz CT molecular complexity index is 462. The molecule has 0 saturated heterocycles.